The van der Waals surface area contributed by atoms with Crippen LogP contribution in [-0.2, 0) is 9.59 Å². The molecule has 2 amide bonds. The lowest BCUT2D eigenvalue weighted by molar-refractivity contribution is -0.144. The van der Waals surface area contributed by atoms with Crippen molar-refractivity contribution in [1.82, 2.24) is 5.32 Å². The van der Waals surface area contributed by atoms with Gasteiger partial charge in [0.1, 0.15) is 0 Å². The van der Waals surface area contributed by atoms with Gasteiger partial charge in [-0.1, -0.05) is 50.1 Å². The number of amides is 2. The van der Waals surface area contributed by atoms with Crippen molar-refractivity contribution in [3.8, 4) is 0 Å². The maximum atomic E-state index is 12.6. The van der Waals surface area contributed by atoms with Gasteiger partial charge in [0.25, 0.3) is 0 Å². The Kier molecular flexibility index (Phi) is 3.19. The van der Waals surface area contributed by atoms with E-state index in [1.54, 1.807) is 0 Å². The summed E-state index contributed by atoms with van der Waals surface area (Å²) in [6.45, 7) is 6.48. The molecule has 21 heavy (non-hydrogen) atoms. The molecule has 1 aromatic rings. The summed E-state index contributed by atoms with van der Waals surface area (Å²) in [7, 11) is 0. The number of hydrogen-bond donors (Lipinski definition) is 1. The van der Waals surface area contributed by atoms with Crippen molar-refractivity contribution in [3.05, 3.63) is 35.4 Å². The zero-order valence-electron chi connectivity index (χ0n) is 13.0. The van der Waals surface area contributed by atoms with E-state index >= 15 is 0 Å². The topological polar surface area (TPSA) is 46.2 Å². The van der Waals surface area contributed by atoms with Crippen molar-refractivity contribution in [2.75, 3.05) is 0 Å². The molecule has 2 fully saturated rings. The number of nitrogens with one attached hydrogen (secondary N) is 1. The molecule has 0 radical (unpaired) electrons. The van der Waals surface area contributed by atoms with Crippen LogP contribution in [-0.4, -0.2) is 11.8 Å². The highest BCUT2D eigenvalue weighted by atomic mass is 16.2. The Morgan fingerprint density at radius 3 is 2.33 bits per heavy atom. The molecule has 112 valence electrons. The molecule has 2 atom stereocenters. The molecule has 1 aliphatic heterocycles. The maximum absolute atomic E-state index is 12.6. The molecule has 1 aromatic carbocycles. The van der Waals surface area contributed by atoms with Crippen LogP contribution >= 0.6 is 0 Å². The largest absolute Gasteiger partial charge is 0.296 e. The second kappa shape index (κ2) is 4.69. The number of rotatable bonds is 1. The van der Waals surface area contributed by atoms with Crippen molar-refractivity contribution >= 4 is 11.8 Å². The molecule has 2 aliphatic rings. The Labute approximate surface area is 126 Å². The van der Waals surface area contributed by atoms with Gasteiger partial charge >= 0.3 is 0 Å². The van der Waals surface area contributed by atoms with Gasteiger partial charge in [0.2, 0.25) is 11.8 Å². The lowest BCUT2D eigenvalue weighted by Gasteiger charge is -2.49. The fourth-order valence-corrected chi connectivity index (χ4v) is 4.42. The van der Waals surface area contributed by atoms with Crippen molar-refractivity contribution in [2.24, 2.45) is 10.8 Å². The quantitative estimate of drug-likeness (QED) is 0.805. The molecule has 1 saturated heterocycles. The first-order chi connectivity index (χ1) is 9.86. The summed E-state index contributed by atoms with van der Waals surface area (Å²) < 4.78 is 0. The lowest BCUT2D eigenvalue weighted by atomic mass is 9.56. The van der Waals surface area contributed by atoms with Crippen LogP contribution in [0, 0.1) is 17.8 Å². The van der Waals surface area contributed by atoms with E-state index in [4.69, 9.17) is 0 Å². The van der Waals surface area contributed by atoms with Crippen LogP contribution in [0.3, 0.4) is 0 Å². The molecular weight excluding hydrogens is 262 g/mol. The molecule has 1 N–H and O–H groups in total. The summed E-state index contributed by atoms with van der Waals surface area (Å²) in [6, 6.07) is 8.19. The van der Waals surface area contributed by atoms with E-state index in [9.17, 15) is 9.59 Å². The van der Waals surface area contributed by atoms with Crippen LogP contribution in [0.25, 0.3) is 0 Å². The molecule has 1 saturated carbocycles. The molecule has 3 nitrogen and oxygen atoms in total. The molecule has 3 heteroatoms. The maximum Gasteiger partial charge on any atom is 0.234 e. The summed E-state index contributed by atoms with van der Waals surface area (Å²) in [6.07, 6.45) is 3.59. The number of carbonyl (C=O) groups excluding carboxylic acids is 2. The number of benzene rings is 1. The standard InChI is InChI=1S/C18H23NO2/c1-12-5-7-13(8-6-12)15-16(21)19-14(20)11-18(15)10-4-9-17(18,2)3/h5-8,15H,4,9-11H2,1-3H3,(H,19,20,21). The minimum atomic E-state index is -0.234. The average molecular weight is 285 g/mol. The van der Waals surface area contributed by atoms with E-state index in [0.29, 0.717) is 6.42 Å². The van der Waals surface area contributed by atoms with E-state index in [2.05, 4.69) is 31.3 Å². The van der Waals surface area contributed by atoms with E-state index < -0.39 is 0 Å². The van der Waals surface area contributed by atoms with E-state index in [-0.39, 0.29) is 28.6 Å². The number of piperidine rings is 1. The predicted molar refractivity (Wildman–Crippen MR) is 81.8 cm³/mol. The van der Waals surface area contributed by atoms with E-state index in [1.165, 1.54) is 5.56 Å². The van der Waals surface area contributed by atoms with Gasteiger partial charge in [-0.2, -0.15) is 0 Å². The van der Waals surface area contributed by atoms with Gasteiger partial charge < -0.3 is 0 Å². The summed E-state index contributed by atoms with van der Waals surface area (Å²) in [4.78, 5) is 24.6. The minimum absolute atomic E-state index is 0.00989. The molecule has 0 bridgehead atoms. The van der Waals surface area contributed by atoms with Crippen molar-refractivity contribution in [3.63, 3.8) is 0 Å². The first-order valence-electron chi connectivity index (χ1n) is 7.76. The van der Waals surface area contributed by atoms with Crippen LogP contribution in [0.2, 0.25) is 0 Å². The summed E-state index contributed by atoms with van der Waals surface area (Å²) >= 11 is 0. The third-order valence-electron chi connectivity index (χ3n) is 5.74. The Bertz CT molecular complexity index is 588. The molecule has 1 aliphatic carbocycles. The second-order valence-electron chi connectivity index (χ2n) is 7.33. The average Bonchev–Trinajstić information content (AvgIpc) is 2.66. The van der Waals surface area contributed by atoms with Crippen LogP contribution in [0.1, 0.15) is 56.6 Å². The van der Waals surface area contributed by atoms with Crippen LogP contribution in [0.15, 0.2) is 24.3 Å². The molecule has 1 heterocycles. The molecule has 3 rings (SSSR count). The monoisotopic (exact) mass is 285 g/mol. The zero-order chi connectivity index (χ0) is 15.3. The zero-order valence-corrected chi connectivity index (χ0v) is 13.0. The Hall–Kier alpha value is -1.64. The van der Waals surface area contributed by atoms with Crippen molar-refractivity contribution in [2.45, 2.75) is 52.4 Å². The van der Waals surface area contributed by atoms with Crippen LogP contribution < -0.4 is 5.32 Å². The van der Waals surface area contributed by atoms with E-state index in [1.807, 2.05) is 19.1 Å². The van der Waals surface area contributed by atoms with Gasteiger partial charge in [0.15, 0.2) is 0 Å². The SMILES string of the molecule is Cc1ccc(C2C(=O)NC(=O)CC23CCCC3(C)C)cc1. The summed E-state index contributed by atoms with van der Waals surface area (Å²) in [5.74, 6) is -0.447. The molecule has 0 aromatic heterocycles. The van der Waals surface area contributed by atoms with Crippen LogP contribution in [0.5, 0.6) is 0 Å². The highest BCUT2D eigenvalue weighted by Gasteiger charge is 2.59. The second-order valence-corrected chi connectivity index (χ2v) is 7.33. The minimum Gasteiger partial charge on any atom is -0.296 e. The molecule has 1 spiro atoms. The third-order valence-corrected chi connectivity index (χ3v) is 5.74. The van der Waals surface area contributed by atoms with Crippen LogP contribution in [0.4, 0.5) is 0 Å². The highest BCUT2D eigenvalue weighted by molar-refractivity contribution is 6.02. The molecule has 2 unspecified atom stereocenters. The van der Waals surface area contributed by atoms with E-state index in [0.717, 1.165) is 24.8 Å². The van der Waals surface area contributed by atoms with Gasteiger partial charge in [-0.25, -0.2) is 0 Å². The fraction of sp³-hybridized carbons (Fsp3) is 0.556. The Morgan fingerprint density at radius 1 is 1.10 bits per heavy atom. The Morgan fingerprint density at radius 2 is 1.76 bits per heavy atom. The normalized spacial score (nSPS) is 31.5. The number of hydrogen-bond acceptors (Lipinski definition) is 2. The number of carbonyl (C=O) groups is 2. The summed E-state index contributed by atoms with van der Waals surface area (Å²) in [5, 5.41) is 2.55. The summed E-state index contributed by atoms with van der Waals surface area (Å²) in [5.41, 5.74) is 2.00. The smallest absolute Gasteiger partial charge is 0.234 e. The first-order valence-corrected chi connectivity index (χ1v) is 7.76. The molecular formula is C18H23NO2. The van der Waals surface area contributed by atoms with Crippen molar-refractivity contribution in [1.29, 1.82) is 0 Å². The Balaban J connectivity index is 2.12. The number of aryl methyl sites for hydroxylation is 1. The first kappa shape index (κ1) is 14.3. The van der Waals surface area contributed by atoms with Gasteiger partial charge in [-0.3, -0.25) is 14.9 Å². The van der Waals surface area contributed by atoms with Gasteiger partial charge in [0, 0.05) is 6.42 Å². The van der Waals surface area contributed by atoms with Crippen molar-refractivity contribution < 1.29 is 9.59 Å². The van der Waals surface area contributed by atoms with Gasteiger partial charge in [-0.05, 0) is 36.2 Å². The number of imide groups is 1. The fourth-order valence-electron chi connectivity index (χ4n) is 4.42. The predicted octanol–water partition coefficient (Wildman–Crippen LogP) is 3.32. The van der Waals surface area contributed by atoms with Gasteiger partial charge in [0.05, 0.1) is 5.92 Å². The lowest BCUT2D eigenvalue weighted by Crippen LogP contribution is -2.54. The van der Waals surface area contributed by atoms with Gasteiger partial charge in [-0.15, -0.1) is 0 Å². The third kappa shape index (κ3) is 2.10. The highest BCUT2D eigenvalue weighted by Crippen LogP contribution is 2.62.